The van der Waals surface area contributed by atoms with Crippen molar-refractivity contribution in [3.05, 3.63) is 108 Å². The van der Waals surface area contributed by atoms with Gasteiger partial charge < -0.3 is 4.74 Å². The summed E-state index contributed by atoms with van der Waals surface area (Å²) in [5.41, 5.74) is 1.37. The first-order valence-corrected chi connectivity index (χ1v) is 9.95. The third-order valence-corrected chi connectivity index (χ3v) is 6.87. The van der Waals surface area contributed by atoms with Gasteiger partial charge in [-0.05, 0) is 23.1 Å². The van der Waals surface area contributed by atoms with Crippen LogP contribution in [0.25, 0.3) is 0 Å². The second kappa shape index (κ2) is 6.41. The van der Waals surface area contributed by atoms with E-state index in [2.05, 4.69) is 24.3 Å². The molecular weight excluding hydrogens is 360 g/mol. The number of ether oxygens (including phenoxy) is 1. The minimum atomic E-state index is -1.25. The Kier molecular flexibility index (Phi) is 3.95. The van der Waals surface area contributed by atoms with Crippen molar-refractivity contribution in [1.82, 2.24) is 0 Å². The molecule has 0 unspecified atom stereocenters. The van der Waals surface area contributed by atoms with Gasteiger partial charge in [-0.1, -0.05) is 91.0 Å². The molecule has 0 amide bonds. The van der Waals surface area contributed by atoms with Gasteiger partial charge in [0.2, 0.25) is 0 Å². The number of rotatable bonds is 4. The molecule has 2 saturated carbocycles. The summed E-state index contributed by atoms with van der Waals surface area (Å²) in [5.74, 6) is -0.622. The Hall–Kier alpha value is -3.20. The molecule has 4 atom stereocenters. The lowest BCUT2D eigenvalue weighted by Crippen LogP contribution is -2.44. The third kappa shape index (κ3) is 2.30. The fourth-order valence-corrected chi connectivity index (χ4v) is 5.63. The predicted molar refractivity (Wildman–Crippen MR) is 111 cm³/mol. The van der Waals surface area contributed by atoms with E-state index in [0.29, 0.717) is 6.42 Å². The van der Waals surface area contributed by atoms with Gasteiger partial charge in [-0.25, -0.2) is 0 Å². The number of methoxy groups -OCH3 is 1. The zero-order valence-corrected chi connectivity index (χ0v) is 16.2. The summed E-state index contributed by atoms with van der Waals surface area (Å²) in [7, 11) is 1.37. The van der Waals surface area contributed by atoms with Crippen LogP contribution in [-0.4, -0.2) is 18.9 Å². The van der Waals surface area contributed by atoms with Crippen molar-refractivity contribution in [2.45, 2.75) is 23.2 Å². The van der Waals surface area contributed by atoms with E-state index in [-0.39, 0.29) is 23.0 Å². The molecule has 0 saturated heterocycles. The molecule has 29 heavy (non-hydrogen) atoms. The molecule has 0 bridgehead atoms. The number of carbonyl (C=O) groups is 2. The Balaban J connectivity index is 1.70. The van der Waals surface area contributed by atoms with Gasteiger partial charge in [0.15, 0.2) is 11.2 Å². The normalized spacial score (nSPS) is 29.9. The summed E-state index contributed by atoms with van der Waals surface area (Å²) < 4.78 is 5.19. The molecule has 144 valence electrons. The van der Waals surface area contributed by atoms with Crippen LogP contribution < -0.4 is 0 Å². The molecule has 0 radical (unpaired) electrons. The number of hydrogen-bond acceptors (Lipinski definition) is 3. The second-order valence-corrected chi connectivity index (χ2v) is 8.08. The van der Waals surface area contributed by atoms with Crippen molar-refractivity contribution in [1.29, 1.82) is 0 Å². The number of ketones is 1. The molecule has 3 heteroatoms. The van der Waals surface area contributed by atoms with E-state index in [9.17, 15) is 9.59 Å². The van der Waals surface area contributed by atoms with E-state index in [1.165, 1.54) is 7.11 Å². The minimum absolute atomic E-state index is 0.0201. The van der Waals surface area contributed by atoms with Gasteiger partial charge >= 0.3 is 5.97 Å². The number of esters is 1. The Labute approximate surface area is 170 Å². The fourth-order valence-electron chi connectivity index (χ4n) is 5.63. The molecule has 5 rings (SSSR count). The molecule has 0 aliphatic heterocycles. The maximum absolute atomic E-state index is 13.9. The quantitative estimate of drug-likeness (QED) is 0.495. The summed E-state index contributed by atoms with van der Waals surface area (Å²) in [6, 6.07) is 29.7. The van der Waals surface area contributed by atoms with Gasteiger partial charge in [0, 0.05) is 17.3 Å². The van der Waals surface area contributed by atoms with Gasteiger partial charge in [0.1, 0.15) is 0 Å². The zero-order chi connectivity index (χ0) is 20.1. The Bertz CT molecular complexity index is 1060. The molecule has 0 spiro atoms. The molecular formula is C26H22O3. The van der Waals surface area contributed by atoms with Crippen molar-refractivity contribution >= 4 is 11.8 Å². The summed E-state index contributed by atoms with van der Waals surface area (Å²) in [5, 5.41) is 0. The fraction of sp³-hybridized carbons (Fsp3) is 0.231. The largest absolute Gasteiger partial charge is 0.468 e. The van der Waals surface area contributed by atoms with Crippen LogP contribution in [0.2, 0.25) is 0 Å². The Morgan fingerprint density at radius 3 is 1.86 bits per heavy atom. The lowest BCUT2D eigenvalue weighted by molar-refractivity contribution is -0.151. The van der Waals surface area contributed by atoms with Crippen LogP contribution in [0.1, 0.15) is 29.0 Å². The van der Waals surface area contributed by atoms with E-state index >= 15 is 0 Å². The highest BCUT2D eigenvalue weighted by molar-refractivity contribution is 6.16. The number of Topliss-reactive ketones (excluding diaryl/α,β-unsaturated/α-hetero) is 1. The van der Waals surface area contributed by atoms with Crippen molar-refractivity contribution in [3.63, 3.8) is 0 Å². The molecule has 3 aromatic rings. The highest BCUT2D eigenvalue weighted by atomic mass is 16.5. The maximum Gasteiger partial charge on any atom is 0.323 e. The number of fused-ring (bicyclic) bond motifs is 1. The monoisotopic (exact) mass is 382 g/mol. The van der Waals surface area contributed by atoms with Crippen molar-refractivity contribution in [3.8, 4) is 0 Å². The van der Waals surface area contributed by atoms with Gasteiger partial charge in [-0.3, -0.25) is 9.59 Å². The molecule has 2 aliphatic carbocycles. The van der Waals surface area contributed by atoms with E-state index in [1.54, 1.807) is 0 Å². The molecule has 2 aliphatic rings. The van der Waals surface area contributed by atoms with Gasteiger partial charge in [0.05, 0.1) is 7.11 Å². The third-order valence-electron chi connectivity index (χ3n) is 6.87. The summed E-state index contributed by atoms with van der Waals surface area (Å²) in [6.07, 6.45) is 0.434. The van der Waals surface area contributed by atoms with E-state index < -0.39 is 11.4 Å². The summed E-state index contributed by atoms with van der Waals surface area (Å²) in [6.45, 7) is 0. The second-order valence-electron chi connectivity index (χ2n) is 8.08. The van der Waals surface area contributed by atoms with Crippen LogP contribution in [0.15, 0.2) is 91.0 Å². The molecule has 3 aromatic carbocycles. The number of benzene rings is 3. The van der Waals surface area contributed by atoms with Crippen LogP contribution in [0.3, 0.4) is 0 Å². The molecule has 0 aromatic heterocycles. The molecule has 2 fully saturated rings. The molecule has 3 nitrogen and oxygen atoms in total. The maximum atomic E-state index is 13.9. The zero-order valence-electron chi connectivity index (χ0n) is 16.2. The first kappa shape index (κ1) is 17.9. The van der Waals surface area contributed by atoms with Crippen LogP contribution in [0, 0.1) is 5.92 Å². The van der Waals surface area contributed by atoms with E-state index in [4.69, 9.17) is 4.74 Å². The lowest BCUT2D eigenvalue weighted by Gasteiger charge is -2.30. The Morgan fingerprint density at radius 2 is 1.31 bits per heavy atom. The SMILES string of the molecule is COC(=O)[C@@]1(c2ccccc2)C[C@]2(c3ccccc3)[C@H](c3ccccc3)[C@@H]2C1=O. The average molecular weight is 382 g/mol. The number of hydrogen-bond donors (Lipinski definition) is 0. The van der Waals surface area contributed by atoms with Gasteiger partial charge in [0.25, 0.3) is 0 Å². The first-order valence-electron chi connectivity index (χ1n) is 9.95. The van der Waals surface area contributed by atoms with Crippen molar-refractivity contribution in [2.75, 3.05) is 7.11 Å². The van der Waals surface area contributed by atoms with Gasteiger partial charge in [-0.15, -0.1) is 0 Å². The topological polar surface area (TPSA) is 43.4 Å². The van der Waals surface area contributed by atoms with Gasteiger partial charge in [-0.2, -0.15) is 0 Å². The average Bonchev–Trinajstić information content (AvgIpc) is 3.39. The first-order chi connectivity index (χ1) is 14.2. The molecule has 0 N–H and O–H groups in total. The highest BCUT2D eigenvalue weighted by Crippen LogP contribution is 2.76. The van der Waals surface area contributed by atoms with Crippen LogP contribution in [-0.2, 0) is 25.2 Å². The van der Waals surface area contributed by atoms with E-state index in [1.807, 2.05) is 66.7 Å². The molecule has 0 heterocycles. The smallest absolute Gasteiger partial charge is 0.323 e. The lowest BCUT2D eigenvalue weighted by atomic mass is 9.71. The van der Waals surface area contributed by atoms with Crippen molar-refractivity contribution < 1.29 is 14.3 Å². The Morgan fingerprint density at radius 1 is 0.793 bits per heavy atom. The predicted octanol–water partition coefficient (Wildman–Crippen LogP) is 4.42. The van der Waals surface area contributed by atoms with Crippen LogP contribution in [0.4, 0.5) is 0 Å². The summed E-state index contributed by atoms with van der Waals surface area (Å²) in [4.78, 5) is 27.0. The van der Waals surface area contributed by atoms with Crippen molar-refractivity contribution in [2.24, 2.45) is 5.92 Å². The van der Waals surface area contributed by atoms with Crippen LogP contribution >= 0.6 is 0 Å². The standard InChI is InChI=1S/C26H22O3/c1-29-24(28)26(20-15-9-4-10-16-20)17-25(19-13-7-3-8-14-19)21(22(25)23(26)27)18-11-5-2-6-12-18/h2-16,21-22H,17H2,1H3/t21-,22-,25+,26-/m1/s1. The van der Waals surface area contributed by atoms with Crippen LogP contribution in [0.5, 0.6) is 0 Å². The van der Waals surface area contributed by atoms with E-state index in [0.717, 1.165) is 16.7 Å². The number of carbonyl (C=O) groups excluding carboxylic acids is 2. The minimum Gasteiger partial charge on any atom is -0.468 e. The highest BCUT2D eigenvalue weighted by Gasteiger charge is 2.80. The summed E-state index contributed by atoms with van der Waals surface area (Å²) >= 11 is 0.